The highest BCUT2D eigenvalue weighted by molar-refractivity contribution is 5.57. The first-order valence-electron chi connectivity index (χ1n) is 7.59. The summed E-state index contributed by atoms with van der Waals surface area (Å²) in [6, 6.07) is 2.56. The Bertz CT molecular complexity index is 904. The highest BCUT2D eigenvalue weighted by atomic mass is 16.6. The van der Waals surface area contributed by atoms with Crippen LogP contribution < -0.4 is 36.1 Å². The van der Waals surface area contributed by atoms with Crippen molar-refractivity contribution in [2.24, 2.45) is 0 Å². The predicted molar refractivity (Wildman–Crippen MR) is 93.5 cm³/mol. The molecule has 1 atom stereocenters. The molecule has 1 fully saturated rings. The zero-order chi connectivity index (χ0) is 21.2. The van der Waals surface area contributed by atoms with Crippen LogP contribution in [0, 0.1) is 34.6 Å². The largest absolute Gasteiger partial charge is 0.483 e. The van der Waals surface area contributed by atoms with Gasteiger partial charge in [-0.05, 0) is 0 Å². The molecule has 0 aliphatic carbocycles. The molecule has 0 amide bonds. The lowest BCUT2D eigenvalue weighted by Gasteiger charge is -2.12. The van der Waals surface area contributed by atoms with Crippen molar-refractivity contribution in [3.8, 4) is 41.8 Å². The molecule has 0 bridgehead atoms. The fourth-order valence-corrected chi connectivity index (χ4v) is 1.82. The summed E-state index contributed by atoms with van der Waals surface area (Å²) in [6.07, 6.45) is 4.39. The van der Waals surface area contributed by atoms with Crippen LogP contribution in [0.4, 0.5) is 17.8 Å². The van der Waals surface area contributed by atoms with E-state index in [1.54, 1.807) is 0 Å². The van der Waals surface area contributed by atoms with E-state index in [1.165, 1.54) is 30.9 Å². The Morgan fingerprint density at radius 2 is 1.34 bits per heavy atom. The van der Waals surface area contributed by atoms with Crippen molar-refractivity contribution >= 4 is 17.8 Å². The third kappa shape index (κ3) is 6.49. The molecule has 1 aromatic heterocycles. The van der Waals surface area contributed by atoms with E-state index in [2.05, 4.69) is 19.7 Å². The number of nitrogen functional groups attached to an aromatic ring is 3. The highest BCUT2D eigenvalue weighted by Gasteiger charge is 2.26. The molecule has 0 spiro atoms. The normalized spacial score (nSPS) is 13.3. The van der Waals surface area contributed by atoms with E-state index in [9.17, 15) is 0 Å². The minimum atomic E-state index is -0.0325. The van der Waals surface area contributed by atoms with Gasteiger partial charge >= 0.3 is 0 Å². The molecule has 1 saturated heterocycles. The van der Waals surface area contributed by atoms with E-state index in [4.69, 9.17) is 51.9 Å². The second kappa shape index (κ2) is 9.82. The molecule has 29 heavy (non-hydrogen) atoms. The Labute approximate surface area is 163 Å². The number of benzene rings is 1. The van der Waals surface area contributed by atoms with E-state index in [1.807, 2.05) is 0 Å². The fourth-order valence-electron chi connectivity index (χ4n) is 1.82. The molecule has 3 rings (SSSR count). The maximum Gasteiger partial charge on any atom is 0.292 e. The first-order valence-corrected chi connectivity index (χ1v) is 7.59. The van der Waals surface area contributed by atoms with Crippen molar-refractivity contribution in [1.29, 1.82) is 15.8 Å². The number of hydrogen-bond donors (Lipinski definition) is 3. The second-order valence-electron chi connectivity index (χ2n) is 5.01. The lowest BCUT2D eigenvalue weighted by molar-refractivity contribution is 0.248. The van der Waals surface area contributed by atoms with Crippen molar-refractivity contribution < 1.29 is 23.7 Å². The van der Waals surface area contributed by atoms with Gasteiger partial charge in [-0.25, -0.2) is 0 Å². The van der Waals surface area contributed by atoms with Crippen LogP contribution in [-0.2, 0) is 4.74 Å². The van der Waals surface area contributed by atoms with Crippen LogP contribution in [0.5, 0.6) is 23.0 Å². The number of nitrogens with zero attached hydrogens (tertiary/aromatic N) is 6. The molecule has 1 aliphatic heterocycles. The van der Waals surface area contributed by atoms with Gasteiger partial charge in [0.2, 0.25) is 23.6 Å². The number of epoxide rings is 1. The molecule has 14 heteroatoms. The molecule has 2 heterocycles. The molecule has 0 saturated carbocycles. The molecule has 14 nitrogen and oxygen atoms in total. The van der Waals surface area contributed by atoms with E-state index in [0.717, 1.165) is 0 Å². The average molecular weight is 399 g/mol. The number of nitrogens with two attached hydrogens (primary N) is 3. The molecule has 1 aliphatic rings. The minimum Gasteiger partial charge on any atom is -0.483 e. The third-order valence-electron chi connectivity index (χ3n) is 2.97. The summed E-state index contributed by atoms with van der Waals surface area (Å²) in [6.45, 7) is 0.806. The molecule has 1 unspecified atom stereocenters. The van der Waals surface area contributed by atoms with Gasteiger partial charge in [-0.3, -0.25) is 0 Å². The maximum atomic E-state index is 8.61. The van der Waals surface area contributed by atoms with Crippen LogP contribution in [0.3, 0.4) is 0 Å². The third-order valence-corrected chi connectivity index (χ3v) is 2.97. The van der Waals surface area contributed by atoms with Gasteiger partial charge in [0.15, 0.2) is 11.5 Å². The van der Waals surface area contributed by atoms with Crippen LogP contribution in [0.25, 0.3) is 0 Å². The summed E-state index contributed by atoms with van der Waals surface area (Å²) in [7, 11) is 0. The van der Waals surface area contributed by atoms with Crippen molar-refractivity contribution in [1.82, 2.24) is 15.0 Å². The Kier molecular flexibility index (Phi) is 6.97. The van der Waals surface area contributed by atoms with Gasteiger partial charge in [0.25, 0.3) is 18.8 Å². The zero-order valence-corrected chi connectivity index (χ0v) is 14.6. The molecule has 6 N–H and O–H groups in total. The van der Waals surface area contributed by atoms with Crippen molar-refractivity contribution in [2.75, 3.05) is 30.4 Å². The SMILES string of the molecule is N#COc1cc(OC#N)c(OCC2CO2)c(OC#N)c1.Nc1nc(N)nc(N)n1. The highest BCUT2D eigenvalue weighted by Crippen LogP contribution is 2.41. The summed E-state index contributed by atoms with van der Waals surface area (Å²) in [5, 5.41) is 25.7. The van der Waals surface area contributed by atoms with Crippen LogP contribution in [0.2, 0.25) is 0 Å². The summed E-state index contributed by atoms with van der Waals surface area (Å²) >= 11 is 0. The predicted octanol–water partition coefficient (Wildman–Crippen LogP) is -0.338. The number of ether oxygens (including phenoxy) is 5. The molecular formula is C15H13N9O5. The quantitative estimate of drug-likeness (QED) is 0.416. The van der Waals surface area contributed by atoms with E-state index < -0.39 is 0 Å². The topological polar surface area (TPSA) is 238 Å². The van der Waals surface area contributed by atoms with E-state index >= 15 is 0 Å². The van der Waals surface area contributed by atoms with Crippen LogP contribution in [0.15, 0.2) is 12.1 Å². The molecule has 1 aromatic carbocycles. The number of nitriles is 3. The smallest absolute Gasteiger partial charge is 0.292 e. The summed E-state index contributed by atoms with van der Waals surface area (Å²) in [4.78, 5) is 10.5. The fraction of sp³-hybridized carbons (Fsp3) is 0.200. The monoisotopic (exact) mass is 399 g/mol. The average Bonchev–Trinajstić information content (AvgIpc) is 3.46. The lowest BCUT2D eigenvalue weighted by Crippen LogP contribution is -2.06. The molecule has 148 valence electrons. The minimum absolute atomic E-state index is 0.0221. The van der Waals surface area contributed by atoms with E-state index in [-0.39, 0.29) is 53.6 Å². The van der Waals surface area contributed by atoms with Gasteiger partial charge in [-0.15, -0.1) is 15.8 Å². The number of aromatic nitrogens is 3. The van der Waals surface area contributed by atoms with Gasteiger partial charge in [0.1, 0.15) is 18.5 Å². The second-order valence-corrected chi connectivity index (χ2v) is 5.01. The van der Waals surface area contributed by atoms with Crippen LogP contribution in [-0.4, -0.2) is 34.3 Å². The molecular weight excluding hydrogens is 386 g/mol. The maximum absolute atomic E-state index is 8.61. The van der Waals surface area contributed by atoms with Gasteiger partial charge in [-0.1, -0.05) is 0 Å². The standard InChI is InChI=1S/C12H7N3O5.C3H6N6/c13-5-18-8-1-10(19-6-14)12(11(2-8)20-7-15)17-4-9-3-16-9;4-1-7-2(5)9-3(6)8-1/h1-2,9H,3-4H2;(H6,4,5,6,7,8,9). The Morgan fingerprint density at radius 3 is 1.72 bits per heavy atom. The molecule has 2 aromatic rings. The Hall–Kier alpha value is -4.74. The van der Waals surface area contributed by atoms with Crippen LogP contribution in [0.1, 0.15) is 0 Å². The number of anilines is 3. The molecule has 0 radical (unpaired) electrons. The van der Waals surface area contributed by atoms with Gasteiger partial charge in [-0.2, -0.15) is 15.0 Å². The zero-order valence-electron chi connectivity index (χ0n) is 14.6. The number of hydrogen-bond acceptors (Lipinski definition) is 14. The summed E-state index contributed by atoms with van der Waals surface area (Å²) < 4.78 is 24.5. The number of rotatable bonds is 6. The summed E-state index contributed by atoms with van der Waals surface area (Å²) in [5.74, 6) is 0.198. The van der Waals surface area contributed by atoms with Crippen molar-refractivity contribution in [2.45, 2.75) is 6.10 Å². The van der Waals surface area contributed by atoms with Crippen molar-refractivity contribution in [3.05, 3.63) is 12.1 Å². The van der Waals surface area contributed by atoms with Crippen molar-refractivity contribution in [3.63, 3.8) is 0 Å². The van der Waals surface area contributed by atoms with Gasteiger partial charge in [0, 0.05) is 12.1 Å². The van der Waals surface area contributed by atoms with Gasteiger partial charge < -0.3 is 40.9 Å². The van der Waals surface area contributed by atoms with E-state index in [0.29, 0.717) is 6.61 Å². The first kappa shape index (κ1) is 20.6. The van der Waals surface area contributed by atoms with Gasteiger partial charge in [0.05, 0.1) is 6.61 Å². The summed E-state index contributed by atoms with van der Waals surface area (Å²) in [5.41, 5.74) is 15.4. The van der Waals surface area contributed by atoms with Crippen LogP contribution >= 0.6 is 0 Å². The Balaban J connectivity index is 0.000000278. The lowest BCUT2D eigenvalue weighted by atomic mass is 10.2. The Morgan fingerprint density at radius 1 is 0.897 bits per heavy atom. The first-order chi connectivity index (χ1) is 14.0.